The standard InChI is InChI=1S/C25H44N6O10/c1-5-25(4,6-2)31-14(21(35)36)9-7-8-10-28-24(39)41-19(16(34)12-32)20-18(29-13(3)33)15(30-23(26)27)11-17(40-20)22(37)38/h11,14-16,18-20,31-32,34H,5-10,12H2,1-4H3,(H,28,39)(H,29,33)(H,35,36)(H,37,38)(H4,26,27,30)/t14?,15-,16+,18+,19+,20+/m0/s1. The first-order valence-electron chi connectivity index (χ1n) is 13.4. The van der Waals surface area contributed by atoms with E-state index in [9.17, 15) is 39.6 Å². The van der Waals surface area contributed by atoms with Gasteiger partial charge in [-0.25, -0.2) is 14.6 Å². The monoisotopic (exact) mass is 588 g/mol. The summed E-state index contributed by atoms with van der Waals surface area (Å²) in [4.78, 5) is 51.8. The molecule has 1 unspecified atom stereocenters. The molecule has 11 N–H and O–H groups in total. The Morgan fingerprint density at radius 3 is 2.29 bits per heavy atom. The van der Waals surface area contributed by atoms with E-state index in [1.807, 2.05) is 20.8 Å². The Morgan fingerprint density at radius 1 is 1.17 bits per heavy atom. The van der Waals surface area contributed by atoms with Crippen molar-refractivity contribution in [2.45, 2.75) is 102 Å². The number of carboxylic acid groups (broad SMARTS) is 2. The molecule has 2 amide bonds. The number of aliphatic carboxylic acids is 2. The normalized spacial score (nSPS) is 20.8. The molecular formula is C25H44N6O10. The second kappa shape index (κ2) is 16.6. The Balaban J connectivity index is 2.96. The van der Waals surface area contributed by atoms with Crippen LogP contribution in [0.25, 0.3) is 0 Å². The number of carbonyl (C=O) groups is 4. The van der Waals surface area contributed by atoms with Crippen LogP contribution in [0.15, 0.2) is 16.8 Å². The van der Waals surface area contributed by atoms with Crippen molar-refractivity contribution in [1.82, 2.24) is 16.0 Å². The third-order valence-electron chi connectivity index (χ3n) is 6.89. The zero-order valence-corrected chi connectivity index (χ0v) is 23.8. The zero-order valence-electron chi connectivity index (χ0n) is 23.8. The van der Waals surface area contributed by atoms with Crippen molar-refractivity contribution >= 4 is 29.9 Å². The fourth-order valence-electron chi connectivity index (χ4n) is 4.23. The van der Waals surface area contributed by atoms with Crippen LogP contribution in [0.1, 0.15) is 59.8 Å². The summed E-state index contributed by atoms with van der Waals surface area (Å²) in [5, 5.41) is 47.3. The highest BCUT2D eigenvalue weighted by molar-refractivity contribution is 5.85. The van der Waals surface area contributed by atoms with Crippen molar-refractivity contribution < 1.29 is 49.1 Å². The number of amides is 2. The molecule has 41 heavy (non-hydrogen) atoms. The largest absolute Gasteiger partial charge is 0.480 e. The number of ether oxygens (including phenoxy) is 2. The van der Waals surface area contributed by atoms with Gasteiger partial charge in [-0.2, -0.15) is 0 Å². The van der Waals surface area contributed by atoms with Crippen LogP contribution in [0.3, 0.4) is 0 Å². The van der Waals surface area contributed by atoms with Gasteiger partial charge in [0, 0.05) is 19.0 Å². The molecule has 0 bridgehead atoms. The van der Waals surface area contributed by atoms with Gasteiger partial charge in [-0.3, -0.25) is 14.9 Å². The molecule has 16 heteroatoms. The number of hydrogen-bond acceptors (Lipinski definition) is 10. The SMILES string of the molecule is CCC(C)(CC)NC(CCCCNC(=O)O[C@@H]([C@@H]1OC(C(=O)O)=C[C@H](N=C(N)N)[C@H]1NC(C)=O)[C@H](O)CO)C(=O)O. The Morgan fingerprint density at radius 2 is 1.80 bits per heavy atom. The Kier molecular flexibility index (Phi) is 14.3. The van der Waals surface area contributed by atoms with Gasteiger partial charge in [0.25, 0.3) is 0 Å². The average molecular weight is 589 g/mol. The zero-order chi connectivity index (χ0) is 31.3. The first kappa shape index (κ1) is 35.4. The van der Waals surface area contributed by atoms with Gasteiger partial charge >= 0.3 is 18.0 Å². The minimum Gasteiger partial charge on any atom is -0.480 e. The lowest BCUT2D eigenvalue weighted by Crippen LogP contribution is -2.61. The van der Waals surface area contributed by atoms with Crippen LogP contribution in [-0.2, 0) is 23.9 Å². The molecule has 234 valence electrons. The first-order valence-corrected chi connectivity index (χ1v) is 13.4. The molecule has 1 rings (SSSR count). The van der Waals surface area contributed by atoms with Gasteiger partial charge in [0.15, 0.2) is 18.2 Å². The number of alkyl carbamates (subject to hydrolysis) is 1. The highest BCUT2D eigenvalue weighted by Gasteiger charge is 2.46. The average Bonchev–Trinajstić information content (AvgIpc) is 2.90. The molecular weight excluding hydrogens is 544 g/mol. The van der Waals surface area contributed by atoms with Gasteiger partial charge in [-0.15, -0.1) is 0 Å². The van der Waals surface area contributed by atoms with Crippen molar-refractivity contribution in [3.8, 4) is 0 Å². The molecule has 0 aromatic heterocycles. The molecule has 0 radical (unpaired) electrons. The predicted molar refractivity (Wildman–Crippen MR) is 147 cm³/mol. The van der Waals surface area contributed by atoms with Gasteiger partial charge in [0.2, 0.25) is 11.7 Å². The van der Waals surface area contributed by atoms with Crippen LogP contribution < -0.4 is 27.4 Å². The minimum atomic E-state index is -1.75. The lowest BCUT2D eigenvalue weighted by atomic mass is 9.92. The summed E-state index contributed by atoms with van der Waals surface area (Å²) in [6.07, 6.45) is -2.24. The maximum Gasteiger partial charge on any atom is 0.407 e. The number of rotatable bonds is 17. The van der Waals surface area contributed by atoms with Gasteiger partial charge in [0.05, 0.1) is 18.7 Å². The molecule has 0 aromatic rings. The number of nitrogens with two attached hydrogens (primary N) is 2. The molecule has 6 atom stereocenters. The number of hydrogen-bond donors (Lipinski definition) is 9. The highest BCUT2D eigenvalue weighted by atomic mass is 16.6. The van der Waals surface area contributed by atoms with E-state index in [0.717, 1.165) is 18.9 Å². The molecule has 1 aliphatic rings. The highest BCUT2D eigenvalue weighted by Crippen LogP contribution is 2.26. The van der Waals surface area contributed by atoms with Gasteiger partial charge < -0.3 is 52.0 Å². The lowest BCUT2D eigenvalue weighted by molar-refractivity contribution is -0.146. The first-order chi connectivity index (χ1) is 19.2. The van der Waals surface area contributed by atoms with Gasteiger partial charge in [-0.05, 0) is 45.1 Å². The number of carbonyl (C=O) groups excluding carboxylic acids is 2. The number of nitrogens with zero attached hydrogens (tertiary/aromatic N) is 1. The van der Waals surface area contributed by atoms with E-state index in [1.54, 1.807) is 0 Å². The van der Waals surface area contributed by atoms with E-state index >= 15 is 0 Å². The quantitative estimate of drug-likeness (QED) is 0.0546. The second-order valence-electron chi connectivity index (χ2n) is 10.0. The van der Waals surface area contributed by atoms with Gasteiger partial charge in [0.1, 0.15) is 12.1 Å². The summed E-state index contributed by atoms with van der Waals surface area (Å²) in [6.45, 7) is 6.26. The number of aliphatic hydroxyl groups excluding tert-OH is 2. The molecule has 0 saturated heterocycles. The third kappa shape index (κ3) is 11.4. The van der Waals surface area contributed by atoms with E-state index in [0.29, 0.717) is 19.3 Å². The maximum atomic E-state index is 12.6. The van der Waals surface area contributed by atoms with Crippen molar-refractivity contribution in [2.24, 2.45) is 16.5 Å². The van der Waals surface area contributed by atoms with Crippen molar-refractivity contribution in [3.63, 3.8) is 0 Å². The molecule has 0 saturated carbocycles. The molecule has 16 nitrogen and oxygen atoms in total. The van der Waals surface area contributed by atoms with Crippen molar-refractivity contribution in [1.29, 1.82) is 0 Å². The summed E-state index contributed by atoms with van der Waals surface area (Å²) in [5.74, 6) is -4.13. The molecule has 0 spiro atoms. The molecule has 0 aromatic carbocycles. The number of nitrogens with one attached hydrogen (secondary N) is 3. The van der Waals surface area contributed by atoms with Crippen LogP contribution in [0, 0.1) is 0 Å². The molecule has 0 aliphatic carbocycles. The van der Waals surface area contributed by atoms with Crippen molar-refractivity contribution in [2.75, 3.05) is 13.2 Å². The Labute approximate surface area is 238 Å². The van der Waals surface area contributed by atoms with Crippen LogP contribution in [0.4, 0.5) is 4.79 Å². The van der Waals surface area contributed by atoms with Crippen LogP contribution in [0.2, 0.25) is 0 Å². The van der Waals surface area contributed by atoms with Crippen LogP contribution in [-0.4, -0.2) is 105 Å². The summed E-state index contributed by atoms with van der Waals surface area (Å²) in [6, 6.07) is -3.14. The molecule has 1 heterocycles. The maximum absolute atomic E-state index is 12.6. The summed E-state index contributed by atoms with van der Waals surface area (Å²) < 4.78 is 10.8. The number of aliphatic imine (C=N–C) groups is 1. The van der Waals surface area contributed by atoms with Gasteiger partial charge in [-0.1, -0.05) is 13.8 Å². The van der Waals surface area contributed by atoms with E-state index < -0.39 is 78.7 Å². The Hall–Kier alpha value is -3.63. The summed E-state index contributed by atoms with van der Waals surface area (Å²) in [5.41, 5.74) is 10.6. The number of guanidine groups is 1. The summed E-state index contributed by atoms with van der Waals surface area (Å²) in [7, 11) is 0. The van der Waals surface area contributed by atoms with Crippen LogP contribution in [0.5, 0.6) is 0 Å². The molecule has 1 aliphatic heterocycles. The van der Waals surface area contributed by atoms with E-state index in [1.165, 1.54) is 6.92 Å². The topological polar surface area (TPSA) is 268 Å². The third-order valence-corrected chi connectivity index (χ3v) is 6.89. The number of aliphatic hydroxyl groups is 2. The summed E-state index contributed by atoms with van der Waals surface area (Å²) >= 11 is 0. The van der Waals surface area contributed by atoms with Crippen LogP contribution >= 0.6 is 0 Å². The minimum absolute atomic E-state index is 0.0868. The predicted octanol–water partition coefficient (Wildman–Crippen LogP) is -1.26. The smallest absolute Gasteiger partial charge is 0.407 e. The lowest BCUT2D eigenvalue weighted by Gasteiger charge is -2.39. The fraction of sp³-hybridized carbons (Fsp3) is 0.720. The molecule has 0 fully saturated rings. The number of unbranched alkanes of at least 4 members (excludes halogenated alkanes) is 1. The Bertz CT molecular complexity index is 967. The number of carboxylic acids is 2. The van der Waals surface area contributed by atoms with E-state index in [-0.39, 0.29) is 12.1 Å². The second-order valence-corrected chi connectivity index (χ2v) is 10.0. The van der Waals surface area contributed by atoms with Crippen molar-refractivity contribution in [3.05, 3.63) is 11.8 Å². The fourth-order valence-corrected chi connectivity index (χ4v) is 4.23. The van der Waals surface area contributed by atoms with E-state index in [4.69, 9.17) is 20.9 Å². The van der Waals surface area contributed by atoms with E-state index in [2.05, 4.69) is 20.9 Å².